The molecule has 0 bridgehead atoms. The third kappa shape index (κ3) is 2.49. The number of likely N-dealkylation sites (tertiary alicyclic amines) is 1. The second-order valence-electron chi connectivity index (χ2n) is 5.34. The second-order valence-corrected chi connectivity index (χ2v) is 6.92. The molecule has 0 radical (unpaired) electrons. The first-order valence-electron chi connectivity index (χ1n) is 7.42. The Labute approximate surface area is 129 Å². The van der Waals surface area contributed by atoms with E-state index in [0.29, 0.717) is 31.0 Å². The van der Waals surface area contributed by atoms with Crippen molar-refractivity contribution < 1.29 is 17.9 Å². The number of hydrogen-bond acceptors (Lipinski definition) is 5. The first kappa shape index (κ1) is 15.0. The van der Waals surface area contributed by atoms with Gasteiger partial charge in [-0.3, -0.25) is 0 Å². The average molecular weight is 322 g/mol. The van der Waals surface area contributed by atoms with Crippen LogP contribution in [0.25, 0.3) is 0 Å². The predicted molar refractivity (Wildman–Crippen MR) is 81.1 cm³/mol. The zero-order valence-corrected chi connectivity index (χ0v) is 13.2. The Morgan fingerprint density at radius 2 is 2.14 bits per heavy atom. The Morgan fingerprint density at radius 3 is 2.91 bits per heavy atom. The zero-order chi connectivity index (χ0) is 15.7. The molecule has 1 saturated heterocycles. The van der Waals surface area contributed by atoms with E-state index >= 15 is 0 Å². The number of esters is 1. The fourth-order valence-corrected chi connectivity index (χ4v) is 4.18. The van der Waals surface area contributed by atoms with Crippen LogP contribution in [0.15, 0.2) is 33.6 Å². The molecule has 6 nitrogen and oxygen atoms in total. The Balaban J connectivity index is 2.00. The molecule has 2 heterocycles. The summed E-state index contributed by atoms with van der Waals surface area (Å²) in [5.74, 6) is 0.0556. The molecule has 0 amide bonds. The maximum absolute atomic E-state index is 12.2. The molecule has 1 atom stereocenters. The third-order valence-corrected chi connectivity index (χ3v) is 5.27. The van der Waals surface area contributed by atoms with Crippen molar-refractivity contribution in [2.24, 2.45) is 4.40 Å². The summed E-state index contributed by atoms with van der Waals surface area (Å²) < 4.78 is 33.4. The van der Waals surface area contributed by atoms with Crippen molar-refractivity contribution in [1.29, 1.82) is 0 Å². The van der Waals surface area contributed by atoms with Gasteiger partial charge >= 0.3 is 5.97 Å². The minimum absolute atomic E-state index is 0.207. The lowest BCUT2D eigenvalue weighted by molar-refractivity contribution is -0.149. The van der Waals surface area contributed by atoms with Gasteiger partial charge in [0.2, 0.25) is 0 Å². The molecule has 0 N–H and O–H groups in total. The Morgan fingerprint density at radius 1 is 1.36 bits per heavy atom. The molecule has 0 spiro atoms. The van der Waals surface area contributed by atoms with Crippen molar-refractivity contribution in [3.63, 3.8) is 0 Å². The summed E-state index contributed by atoms with van der Waals surface area (Å²) in [6.45, 7) is 2.68. The molecule has 1 unspecified atom stereocenters. The molecule has 0 saturated carbocycles. The SMILES string of the molecule is CCOC(=O)C1CCCCN1C1=NS(=O)(=O)c2ccccc21. The summed E-state index contributed by atoms with van der Waals surface area (Å²) in [4.78, 5) is 14.2. The molecule has 3 rings (SSSR count). The van der Waals surface area contributed by atoms with Gasteiger partial charge in [0.25, 0.3) is 10.0 Å². The molecule has 0 aromatic heterocycles. The summed E-state index contributed by atoms with van der Waals surface area (Å²) in [6.07, 6.45) is 2.47. The summed E-state index contributed by atoms with van der Waals surface area (Å²) >= 11 is 0. The van der Waals surface area contributed by atoms with Gasteiger partial charge in [0.15, 0.2) is 5.84 Å². The number of rotatable bonds is 2. The highest BCUT2D eigenvalue weighted by Crippen LogP contribution is 2.30. The molecule has 1 aromatic carbocycles. The number of ether oxygens (including phenoxy) is 1. The number of hydrogen-bond donors (Lipinski definition) is 0. The van der Waals surface area contributed by atoms with Crippen LogP contribution >= 0.6 is 0 Å². The zero-order valence-electron chi connectivity index (χ0n) is 12.4. The van der Waals surface area contributed by atoms with Gasteiger partial charge in [-0.15, -0.1) is 4.40 Å². The van der Waals surface area contributed by atoms with Gasteiger partial charge in [-0.25, -0.2) is 4.79 Å². The number of carbonyl (C=O) groups is 1. The van der Waals surface area contributed by atoms with Gasteiger partial charge in [-0.1, -0.05) is 12.1 Å². The van der Waals surface area contributed by atoms with E-state index in [9.17, 15) is 13.2 Å². The molecule has 22 heavy (non-hydrogen) atoms. The number of amidine groups is 1. The molecular weight excluding hydrogens is 304 g/mol. The van der Waals surface area contributed by atoms with Crippen molar-refractivity contribution in [2.45, 2.75) is 37.1 Å². The first-order chi connectivity index (χ1) is 10.5. The van der Waals surface area contributed by atoms with E-state index in [0.717, 1.165) is 12.8 Å². The quantitative estimate of drug-likeness (QED) is 0.772. The lowest BCUT2D eigenvalue weighted by Gasteiger charge is -2.35. The fourth-order valence-electron chi connectivity index (χ4n) is 2.96. The fraction of sp³-hybridized carbons (Fsp3) is 0.467. The highest BCUT2D eigenvalue weighted by Gasteiger charge is 2.38. The van der Waals surface area contributed by atoms with Crippen molar-refractivity contribution in [2.75, 3.05) is 13.2 Å². The molecule has 2 aliphatic rings. The van der Waals surface area contributed by atoms with Crippen LogP contribution in [0.2, 0.25) is 0 Å². The van der Waals surface area contributed by atoms with Crippen LogP contribution in [0.5, 0.6) is 0 Å². The van der Waals surface area contributed by atoms with Gasteiger partial charge < -0.3 is 9.64 Å². The molecule has 0 aliphatic carbocycles. The second kappa shape index (κ2) is 5.72. The summed E-state index contributed by atoms with van der Waals surface area (Å²) in [5.41, 5.74) is 0.568. The van der Waals surface area contributed by atoms with Crippen molar-refractivity contribution >= 4 is 21.8 Å². The van der Waals surface area contributed by atoms with Crippen LogP contribution in [0.3, 0.4) is 0 Å². The van der Waals surface area contributed by atoms with Gasteiger partial charge in [0, 0.05) is 12.1 Å². The van der Waals surface area contributed by atoms with Crippen LogP contribution in [0.1, 0.15) is 31.7 Å². The van der Waals surface area contributed by atoms with Gasteiger partial charge in [-0.2, -0.15) is 8.42 Å². The number of nitrogens with zero attached hydrogens (tertiary/aromatic N) is 2. The van der Waals surface area contributed by atoms with Crippen LogP contribution in [-0.4, -0.2) is 44.3 Å². The van der Waals surface area contributed by atoms with E-state index in [1.807, 2.05) is 0 Å². The topological polar surface area (TPSA) is 76.0 Å². The van der Waals surface area contributed by atoms with E-state index in [1.54, 1.807) is 36.1 Å². The van der Waals surface area contributed by atoms with Crippen LogP contribution in [-0.2, 0) is 19.6 Å². The van der Waals surface area contributed by atoms with E-state index in [2.05, 4.69) is 4.40 Å². The minimum atomic E-state index is -3.67. The van der Waals surface area contributed by atoms with Crippen molar-refractivity contribution in [1.82, 2.24) is 4.90 Å². The Bertz CT molecular complexity index is 727. The Hall–Kier alpha value is -1.89. The van der Waals surface area contributed by atoms with Crippen LogP contribution in [0.4, 0.5) is 0 Å². The normalized spacial score (nSPS) is 22.9. The minimum Gasteiger partial charge on any atom is -0.464 e. The average Bonchev–Trinajstić information content (AvgIpc) is 2.80. The monoisotopic (exact) mass is 322 g/mol. The maximum atomic E-state index is 12.2. The highest BCUT2D eigenvalue weighted by atomic mass is 32.2. The van der Waals surface area contributed by atoms with E-state index in [-0.39, 0.29) is 10.9 Å². The van der Waals surface area contributed by atoms with Crippen molar-refractivity contribution in [3.8, 4) is 0 Å². The highest BCUT2D eigenvalue weighted by molar-refractivity contribution is 7.90. The summed E-state index contributed by atoms with van der Waals surface area (Å²) in [5, 5.41) is 0. The number of sulfonamides is 1. The van der Waals surface area contributed by atoms with Crippen molar-refractivity contribution in [3.05, 3.63) is 29.8 Å². The number of carbonyl (C=O) groups excluding carboxylic acids is 1. The molecule has 118 valence electrons. The van der Waals surface area contributed by atoms with E-state index in [4.69, 9.17) is 4.74 Å². The molecule has 1 aromatic rings. The predicted octanol–water partition coefficient (Wildman–Crippen LogP) is 1.55. The lowest BCUT2D eigenvalue weighted by Crippen LogP contribution is -2.48. The molecule has 1 fully saturated rings. The van der Waals surface area contributed by atoms with Gasteiger partial charge in [0.1, 0.15) is 10.9 Å². The Kier molecular flexibility index (Phi) is 3.90. The van der Waals surface area contributed by atoms with Crippen LogP contribution in [0, 0.1) is 0 Å². The number of piperidine rings is 1. The largest absolute Gasteiger partial charge is 0.464 e. The smallest absolute Gasteiger partial charge is 0.328 e. The van der Waals surface area contributed by atoms with Crippen LogP contribution < -0.4 is 0 Å². The maximum Gasteiger partial charge on any atom is 0.328 e. The van der Waals surface area contributed by atoms with Gasteiger partial charge in [0.05, 0.1) is 6.61 Å². The van der Waals surface area contributed by atoms with Gasteiger partial charge in [-0.05, 0) is 38.3 Å². The summed E-state index contributed by atoms with van der Waals surface area (Å²) in [7, 11) is -3.67. The lowest BCUT2D eigenvalue weighted by atomic mass is 10.0. The molecule has 7 heteroatoms. The van der Waals surface area contributed by atoms with E-state index < -0.39 is 16.1 Å². The first-order valence-corrected chi connectivity index (χ1v) is 8.86. The third-order valence-electron chi connectivity index (χ3n) is 3.95. The number of fused-ring (bicyclic) bond motifs is 1. The van der Waals surface area contributed by atoms with E-state index in [1.165, 1.54) is 0 Å². The molecule has 2 aliphatic heterocycles. The number of benzene rings is 1. The molecular formula is C15H18N2O4S. The standard InChI is InChI=1S/C15H18N2O4S/c1-2-21-15(18)12-8-5-6-10-17(12)14-11-7-3-4-9-13(11)22(19,20)16-14/h3-4,7,9,12H,2,5-6,8,10H2,1H3. The summed E-state index contributed by atoms with van der Waals surface area (Å²) in [6, 6.07) is 6.26.